The van der Waals surface area contributed by atoms with Gasteiger partial charge in [-0.15, -0.1) is 0 Å². The number of hydrogen-bond donors (Lipinski definition) is 1. The Labute approximate surface area is 99.6 Å². The fourth-order valence-electron chi connectivity index (χ4n) is 2.14. The lowest BCUT2D eigenvalue weighted by molar-refractivity contribution is -0.121. The number of para-hydroxylation sites is 1. The molecule has 4 nitrogen and oxygen atoms in total. The number of nitrogens with one attached hydrogen (secondary N) is 1. The molecule has 0 aromatic heterocycles. The molecule has 1 N–H and O–H groups in total. The minimum absolute atomic E-state index is 0.112. The third kappa shape index (κ3) is 1.96. The summed E-state index contributed by atoms with van der Waals surface area (Å²) < 4.78 is 0. The number of carbonyl (C=O) groups excluding carboxylic acids is 2. The second-order valence-electron chi connectivity index (χ2n) is 4.60. The average Bonchev–Trinajstić information content (AvgIpc) is 3.09. The smallest absolute Gasteiger partial charge is 0.251 e. The molecule has 1 heterocycles. The zero-order chi connectivity index (χ0) is 11.8. The molecule has 2 amide bonds. The lowest BCUT2D eigenvalue weighted by Crippen LogP contribution is -2.39. The van der Waals surface area contributed by atoms with Crippen LogP contribution in [0.5, 0.6) is 0 Å². The maximum atomic E-state index is 12.1. The van der Waals surface area contributed by atoms with Gasteiger partial charge in [0.25, 0.3) is 5.91 Å². The third-order valence-electron chi connectivity index (χ3n) is 3.18. The topological polar surface area (TPSA) is 49.4 Å². The van der Waals surface area contributed by atoms with Gasteiger partial charge in [-0.05, 0) is 25.0 Å². The highest BCUT2D eigenvalue weighted by Gasteiger charge is 2.41. The summed E-state index contributed by atoms with van der Waals surface area (Å²) in [6.45, 7) is 0. The van der Waals surface area contributed by atoms with E-state index in [0.29, 0.717) is 11.7 Å². The Balaban J connectivity index is 1.81. The van der Waals surface area contributed by atoms with Crippen molar-refractivity contribution in [3.8, 4) is 0 Å². The van der Waals surface area contributed by atoms with Crippen LogP contribution in [-0.2, 0) is 9.59 Å². The molecular weight excluding hydrogens is 216 g/mol. The SMILES string of the molecule is O=C1CC(NC2CC2)C(=O)N1c1ccccc1. The molecule has 4 heteroatoms. The normalized spacial score (nSPS) is 24.5. The van der Waals surface area contributed by atoms with Gasteiger partial charge in [0.1, 0.15) is 0 Å². The van der Waals surface area contributed by atoms with E-state index in [1.165, 1.54) is 4.90 Å². The molecule has 1 saturated heterocycles. The summed E-state index contributed by atoms with van der Waals surface area (Å²) in [5.74, 6) is -0.229. The minimum Gasteiger partial charge on any atom is -0.303 e. The number of anilines is 1. The number of carbonyl (C=O) groups is 2. The van der Waals surface area contributed by atoms with Gasteiger partial charge in [-0.25, -0.2) is 4.90 Å². The molecule has 1 saturated carbocycles. The van der Waals surface area contributed by atoms with Crippen LogP contribution in [0.25, 0.3) is 0 Å². The number of nitrogens with zero attached hydrogens (tertiary/aromatic N) is 1. The first kappa shape index (κ1) is 10.5. The lowest BCUT2D eigenvalue weighted by Gasteiger charge is -2.15. The molecule has 2 fully saturated rings. The first-order valence-electron chi connectivity index (χ1n) is 5.93. The molecule has 88 valence electrons. The maximum Gasteiger partial charge on any atom is 0.251 e. The Morgan fingerprint density at radius 2 is 1.82 bits per heavy atom. The van der Waals surface area contributed by atoms with Crippen molar-refractivity contribution in [3.05, 3.63) is 30.3 Å². The molecule has 1 atom stereocenters. The van der Waals surface area contributed by atoms with Gasteiger partial charge in [0, 0.05) is 6.04 Å². The fourth-order valence-corrected chi connectivity index (χ4v) is 2.14. The Morgan fingerprint density at radius 1 is 1.12 bits per heavy atom. The summed E-state index contributed by atoms with van der Waals surface area (Å²) in [7, 11) is 0. The van der Waals surface area contributed by atoms with Crippen molar-refractivity contribution >= 4 is 17.5 Å². The zero-order valence-electron chi connectivity index (χ0n) is 9.43. The van der Waals surface area contributed by atoms with Crippen LogP contribution in [0.1, 0.15) is 19.3 Å². The first-order valence-corrected chi connectivity index (χ1v) is 5.93. The summed E-state index contributed by atoms with van der Waals surface area (Å²) in [4.78, 5) is 25.3. The van der Waals surface area contributed by atoms with E-state index >= 15 is 0 Å². The van der Waals surface area contributed by atoms with E-state index in [1.807, 2.05) is 18.2 Å². The van der Waals surface area contributed by atoms with Crippen molar-refractivity contribution in [3.63, 3.8) is 0 Å². The number of imide groups is 1. The molecule has 0 bridgehead atoms. The fraction of sp³-hybridized carbons (Fsp3) is 0.385. The van der Waals surface area contributed by atoms with Crippen LogP contribution in [0.2, 0.25) is 0 Å². The van der Waals surface area contributed by atoms with E-state index in [9.17, 15) is 9.59 Å². The van der Waals surface area contributed by atoms with Crippen LogP contribution in [0, 0.1) is 0 Å². The largest absolute Gasteiger partial charge is 0.303 e. The second kappa shape index (κ2) is 3.96. The number of benzene rings is 1. The number of amides is 2. The van der Waals surface area contributed by atoms with Crippen LogP contribution < -0.4 is 10.2 Å². The van der Waals surface area contributed by atoms with E-state index in [2.05, 4.69) is 5.32 Å². The molecule has 1 aliphatic heterocycles. The predicted octanol–water partition coefficient (Wildman–Crippen LogP) is 1.07. The second-order valence-corrected chi connectivity index (χ2v) is 4.60. The highest BCUT2D eigenvalue weighted by Crippen LogP contribution is 2.26. The van der Waals surface area contributed by atoms with Crippen LogP contribution in [0.15, 0.2) is 30.3 Å². The van der Waals surface area contributed by atoms with E-state index in [0.717, 1.165) is 12.8 Å². The van der Waals surface area contributed by atoms with Crippen molar-refractivity contribution in [2.45, 2.75) is 31.3 Å². The Kier molecular flexibility index (Phi) is 2.44. The Hall–Kier alpha value is -1.68. The predicted molar refractivity (Wildman–Crippen MR) is 63.5 cm³/mol. The summed E-state index contributed by atoms with van der Waals surface area (Å²) in [6.07, 6.45) is 2.51. The maximum absolute atomic E-state index is 12.1. The quantitative estimate of drug-likeness (QED) is 0.790. The van der Waals surface area contributed by atoms with Gasteiger partial charge in [0.05, 0.1) is 18.2 Å². The Morgan fingerprint density at radius 3 is 2.47 bits per heavy atom. The molecule has 1 unspecified atom stereocenters. The third-order valence-corrected chi connectivity index (χ3v) is 3.18. The molecule has 1 aromatic rings. The lowest BCUT2D eigenvalue weighted by atomic mass is 10.2. The van der Waals surface area contributed by atoms with Crippen LogP contribution >= 0.6 is 0 Å². The van der Waals surface area contributed by atoms with Crippen molar-refractivity contribution in [2.24, 2.45) is 0 Å². The van der Waals surface area contributed by atoms with E-state index in [-0.39, 0.29) is 24.3 Å². The van der Waals surface area contributed by atoms with Crippen LogP contribution in [0.4, 0.5) is 5.69 Å². The van der Waals surface area contributed by atoms with Gasteiger partial charge >= 0.3 is 0 Å². The molecule has 17 heavy (non-hydrogen) atoms. The molecule has 2 aliphatic rings. The van der Waals surface area contributed by atoms with E-state index < -0.39 is 0 Å². The van der Waals surface area contributed by atoms with Gasteiger partial charge in [-0.3, -0.25) is 9.59 Å². The van der Waals surface area contributed by atoms with Crippen LogP contribution in [-0.4, -0.2) is 23.9 Å². The summed E-state index contributed by atoms with van der Waals surface area (Å²) in [6, 6.07) is 9.22. The average molecular weight is 230 g/mol. The number of hydrogen-bond acceptors (Lipinski definition) is 3. The van der Waals surface area contributed by atoms with Gasteiger partial charge in [-0.1, -0.05) is 18.2 Å². The van der Waals surface area contributed by atoms with Gasteiger partial charge in [0.15, 0.2) is 0 Å². The summed E-state index contributed by atoms with van der Waals surface area (Å²) in [5, 5.41) is 3.22. The Bertz CT molecular complexity index is 454. The zero-order valence-corrected chi connectivity index (χ0v) is 9.43. The van der Waals surface area contributed by atoms with Crippen molar-refractivity contribution in [2.75, 3.05) is 4.90 Å². The summed E-state index contributed by atoms with van der Waals surface area (Å²) >= 11 is 0. The van der Waals surface area contributed by atoms with Crippen molar-refractivity contribution < 1.29 is 9.59 Å². The monoisotopic (exact) mass is 230 g/mol. The highest BCUT2D eigenvalue weighted by molar-refractivity contribution is 6.22. The molecule has 1 aromatic carbocycles. The van der Waals surface area contributed by atoms with E-state index in [1.54, 1.807) is 12.1 Å². The van der Waals surface area contributed by atoms with Crippen LogP contribution in [0.3, 0.4) is 0 Å². The standard InChI is InChI=1S/C13H14N2O2/c16-12-8-11(14-9-6-7-9)13(17)15(12)10-4-2-1-3-5-10/h1-5,9,11,14H,6-8H2. The van der Waals surface area contributed by atoms with Gasteiger partial charge < -0.3 is 5.32 Å². The minimum atomic E-state index is -0.324. The molecule has 1 aliphatic carbocycles. The molecule has 0 spiro atoms. The van der Waals surface area contributed by atoms with Gasteiger partial charge in [0.2, 0.25) is 5.91 Å². The molecule has 3 rings (SSSR count). The van der Waals surface area contributed by atoms with Crippen molar-refractivity contribution in [1.82, 2.24) is 5.32 Å². The van der Waals surface area contributed by atoms with Crippen molar-refractivity contribution in [1.29, 1.82) is 0 Å². The van der Waals surface area contributed by atoms with E-state index in [4.69, 9.17) is 0 Å². The molecule has 0 radical (unpaired) electrons. The summed E-state index contributed by atoms with van der Waals surface area (Å²) in [5.41, 5.74) is 0.669. The molecular formula is C13H14N2O2. The first-order chi connectivity index (χ1) is 8.25. The van der Waals surface area contributed by atoms with Gasteiger partial charge in [-0.2, -0.15) is 0 Å². The highest BCUT2D eigenvalue weighted by atomic mass is 16.2. The number of rotatable bonds is 3.